The number of benzene rings is 2. The van der Waals surface area contributed by atoms with Crippen LogP contribution in [0.3, 0.4) is 0 Å². The summed E-state index contributed by atoms with van der Waals surface area (Å²) in [7, 11) is 2.52. The highest BCUT2D eigenvalue weighted by Gasteiger charge is 2.23. The number of ether oxygens (including phenoxy) is 2. The average molecular weight is 379 g/mol. The zero-order valence-corrected chi connectivity index (χ0v) is 15.2. The molecule has 4 nitrogen and oxygen atoms in total. The van der Waals surface area contributed by atoms with Crippen molar-refractivity contribution < 1.29 is 19.1 Å². The average Bonchev–Trinajstić information content (AvgIpc) is 2.60. The van der Waals surface area contributed by atoms with E-state index in [9.17, 15) is 9.59 Å². The van der Waals surface area contributed by atoms with E-state index in [-0.39, 0.29) is 12.0 Å². The van der Waals surface area contributed by atoms with E-state index in [2.05, 4.69) is 0 Å². The number of halogens is 2. The van der Waals surface area contributed by atoms with Gasteiger partial charge < -0.3 is 9.47 Å². The predicted octanol–water partition coefficient (Wildman–Crippen LogP) is 4.53. The fourth-order valence-electron chi connectivity index (χ4n) is 2.42. The van der Waals surface area contributed by atoms with Crippen molar-refractivity contribution in [2.45, 2.75) is 6.42 Å². The number of hydrogen-bond acceptors (Lipinski definition) is 4. The van der Waals surface area contributed by atoms with Crippen molar-refractivity contribution in [2.75, 3.05) is 14.2 Å². The van der Waals surface area contributed by atoms with Crippen LogP contribution in [0.5, 0.6) is 0 Å². The minimum absolute atomic E-state index is 0.166. The van der Waals surface area contributed by atoms with Gasteiger partial charge in [0.2, 0.25) is 0 Å². The second kappa shape index (κ2) is 8.70. The fraction of sp³-hybridized carbons (Fsp3) is 0.158. The molecular formula is C19H16Cl2O4. The van der Waals surface area contributed by atoms with Crippen molar-refractivity contribution in [3.8, 4) is 0 Å². The number of rotatable bonds is 5. The van der Waals surface area contributed by atoms with Gasteiger partial charge in [-0.25, -0.2) is 4.79 Å². The Morgan fingerprint density at radius 3 is 2.00 bits per heavy atom. The highest BCUT2D eigenvalue weighted by Crippen LogP contribution is 2.33. The first-order chi connectivity index (χ1) is 12.0. The Bertz CT molecular complexity index is 793. The summed E-state index contributed by atoms with van der Waals surface area (Å²) in [6, 6.07) is 14.1. The molecule has 0 radical (unpaired) electrons. The van der Waals surface area contributed by atoms with Gasteiger partial charge in [-0.15, -0.1) is 0 Å². The summed E-state index contributed by atoms with van der Waals surface area (Å²) in [5, 5.41) is 0.830. The second-order valence-corrected chi connectivity index (χ2v) is 6.00. The van der Waals surface area contributed by atoms with Gasteiger partial charge in [0.1, 0.15) is 0 Å². The first kappa shape index (κ1) is 19.0. The van der Waals surface area contributed by atoms with Crippen LogP contribution in [0.15, 0.2) is 54.1 Å². The highest BCUT2D eigenvalue weighted by atomic mass is 35.5. The molecule has 0 aromatic heterocycles. The Morgan fingerprint density at radius 2 is 1.48 bits per heavy atom. The number of carbonyl (C=O) groups excluding carboxylic acids is 2. The normalized spacial score (nSPS) is 11.5. The van der Waals surface area contributed by atoms with Gasteiger partial charge in [-0.2, -0.15) is 0 Å². The van der Waals surface area contributed by atoms with Gasteiger partial charge in [0.25, 0.3) is 0 Å². The molecule has 0 aliphatic heterocycles. The lowest BCUT2D eigenvalue weighted by atomic mass is 9.91. The lowest BCUT2D eigenvalue weighted by Gasteiger charge is -2.15. The molecule has 130 valence electrons. The maximum absolute atomic E-state index is 12.4. The number of esters is 2. The number of methoxy groups -OCH3 is 2. The molecule has 2 rings (SSSR count). The topological polar surface area (TPSA) is 52.6 Å². The molecule has 25 heavy (non-hydrogen) atoms. The lowest BCUT2D eigenvalue weighted by molar-refractivity contribution is -0.143. The molecule has 2 aromatic carbocycles. The predicted molar refractivity (Wildman–Crippen MR) is 97.6 cm³/mol. The van der Waals surface area contributed by atoms with Gasteiger partial charge in [-0.3, -0.25) is 4.79 Å². The van der Waals surface area contributed by atoms with Crippen LogP contribution in [0.2, 0.25) is 10.0 Å². The summed E-state index contributed by atoms with van der Waals surface area (Å²) in [5.74, 6) is -1.18. The molecule has 0 aliphatic rings. The molecule has 0 amide bonds. The van der Waals surface area contributed by atoms with Crippen molar-refractivity contribution in [3.05, 3.63) is 75.3 Å². The largest absolute Gasteiger partial charge is 0.469 e. The Balaban J connectivity index is 2.78. The van der Waals surface area contributed by atoms with Crippen molar-refractivity contribution in [3.63, 3.8) is 0 Å². The number of hydrogen-bond donors (Lipinski definition) is 0. The summed E-state index contributed by atoms with van der Waals surface area (Å²) < 4.78 is 9.58. The summed E-state index contributed by atoms with van der Waals surface area (Å²) in [5.41, 5.74) is 2.01. The van der Waals surface area contributed by atoms with E-state index in [0.29, 0.717) is 21.2 Å². The molecule has 0 fully saturated rings. The Morgan fingerprint density at radius 1 is 0.880 bits per heavy atom. The van der Waals surface area contributed by atoms with Crippen molar-refractivity contribution in [1.82, 2.24) is 0 Å². The van der Waals surface area contributed by atoms with Gasteiger partial charge in [-0.1, -0.05) is 53.5 Å². The zero-order chi connectivity index (χ0) is 18.4. The molecule has 0 heterocycles. The van der Waals surface area contributed by atoms with Gasteiger partial charge in [-0.05, 0) is 29.3 Å². The van der Waals surface area contributed by atoms with Gasteiger partial charge in [0.15, 0.2) is 0 Å². The molecule has 6 heteroatoms. The summed E-state index contributed by atoms with van der Waals surface area (Å²) in [4.78, 5) is 24.2. The molecule has 2 aromatic rings. The zero-order valence-electron chi connectivity index (χ0n) is 13.7. The summed E-state index contributed by atoms with van der Waals surface area (Å²) in [6.07, 6.45) is -0.239. The molecular weight excluding hydrogens is 363 g/mol. The first-order valence-corrected chi connectivity index (χ1v) is 8.12. The van der Waals surface area contributed by atoms with E-state index in [0.717, 1.165) is 5.56 Å². The van der Waals surface area contributed by atoms with E-state index in [1.165, 1.54) is 14.2 Å². The van der Waals surface area contributed by atoms with Gasteiger partial charge >= 0.3 is 11.9 Å². The highest BCUT2D eigenvalue weighted by molar-refractivity contribution is 6.35. The van der Waals surface area contributed by atoms with E-state index >= 15 is 0 Å². The first-order valence-electron chi connectivity index (χ1n) is 7.36. The monoisotopic (exact) mass is 378 g/mol. The third kappa shape index (κ3) is 4.84. The molecule has 0 bridgehead atoms. The Kier molecular flexibility index (Phi) is 6.62. The van der Waals surface area contributed by atoms with E-state index in [1.54, 1.807) is 18.2 Å². The Labute approximate surface area is 156 Å². The van der Waals surface area contributed by atoms with Crippen LogP contribution in [-0.2, 0) is 19.1 Å². The fourth-order valence-corrected chi connectivity index (χ4v) is 2.95. The third-order valence-electron chi connectivity index (χ3n) is 3.50. The maximum atomic E-state index is 12.4. The van der Waals surface area contributed by atoms with E-state index in [4.69, 9.17) is 32.7 Å². The van der Waals surface area contributed by atoms with E-state index < -0.39 is 11.9 Å². The standard InChI is InChI=1S/C19H16Cl2O4/c1-24-17(22)11-16(19(23)25-2)18(12-6-4-3-5-7-12)13-8-14(20)10-15(21)9-13/h3-10H,11H2,1-2H3. The van der Waals surface area contributed by atoms with Crippen LogP contribution in [0.1, 0.15) is 17.5 Å². The van der Waals surface area contributed by atoms with Crippen LogP contribution < -0.4 is 0 Å². The van der Waals surface area contributed by atoms with Gasteiger partial charge in [0, 0.05) is 15.6 Å². The van der Waals surface area contributed by atoms with Crippen LogP contribution in [0, 0.1) is 0 Å². The lowest BCUT2D eigenvalue weighted by Crippen LogP contribution is -2.14. The van der Waals surface area contributed by atoms with Crippen LogP contribution in [0.25, 0.3) is 5.57 Å². The molecule has 0 aliphatic carbocycles. The quantitative estimate of drug-likeness (QED) is 0.566. The van der Waals surface area contributed by atoms with Gasteiger partial charge in [0.05, 0.1) is 26.2 Å². The Hall–Kier alpha value is -2.30. The molecule has 0 spiro atoms. The van der Waals surface area contributed by atoms with Crippen LogP contribution in [0.4, 0.5) is 0 Å². The third-order valence-corrected chi connectivity index (χ3v) is 3.93. The van der Waals surface area contributed by atoms with Crippen molar-refractivity contribution >= 4 is 40.7 Å². The number of carbonyl (C=O) groups is 2. The molecule has 0 saturated heterocycles. The van der Waals surface area contributed by atoms with Crippen LogP contribution >= 0.6 is 23.2 Å². The second-order valence-electron chi connectivity index (χ2n) is 5.12. The minimum Gasteiger partial charge on any atom is -0.469 e. The molecule has 0 atom stereocenters. The summed E-state index contributed by atoms with van der Waals surface area (Å²) in [6.45, 7) is 0. The maximum Gasteiger partial charge on any atom is 0.334 e. The molecule has 0 saturated carbocycles. The molecule has 0 N–H and O–H groups in total. The SMILES string of the molecule is COC(=O)CC(C(=O)OC)=C(c1ccccc1)c1cc(Cl)cc(Cl)c1. The van der Waals surface area contributed by atoms with Crippen molar-refractivity contribution in [2.24, 2.45) is 0 Å². The molecule has 0 unspecified atom stereocenters. The van der Waals surface area contributed by atoms with Crippen LogP contribution in [-0.4, -0.2) is 26.2 Å². The smallest absolute Gasteiger partial charge is 0.334 e. The minimum atomic E-state index is -0.625. The summed E-state index contributed by atoms with van der Waals surface area (Å²) >= 11 is 12.2. The van der Waals surface area contributed by atoms with Crippen molar-refractivity contribution in [1.29, 1.82) is 0 Å². The van der Waals surface area contributed by atoms with E-state index in [1.807, 2.05) is 30.3 Å².